The summed E-state index contributed by atoms with van der Waals surface area (Å²) in [5.41, 5.74) is 0. The Balaban J connectivity index is 1.78. The van der Waals surface area contributed by atoms with Gasteiger partial charge in [-0.3, -0.25) is 0 Å². The lowest BCUT2D eigenvalue weighted by atomic mass is 10.2. The molecule has 3 nitrogen and oxygen atoms in total. The summed E-state index contributed by atoms with van der Waals surface area (Å²) in [4.78, 5) is 0. The molecule has 0 aromatic carbocycles. The Bertz CT molecular complexity index is 111. The minimum atomic E-state index is 0.0674. The Kier molecular flexibility index (Phi) is 6.15. The first kappa shape index (κ1) is 11.0. The summed E-state index contributed by atoms with van der Waals surface area (Å²) in [6, 6.07) is 0. The van der Waals surface area contributed by atoms with Gasteiger partial charge >= 0.3 is 0 Å². The maximum atomic E-state index is 8.54. The SMILES string of the molecule is OCCCCCCOC1CCCO1. The third-order valence-corrected chi connectivity index (χ3v) is 2.24. The quantitative estimate of drug-likeness (QED) is 0.618. The minimum absolute atomic E-state index is 0.0674. The molecule has 0 bridgehead atoms. The highest BCUT2D eigenvalue weighted by atomic mass is 16.7. The molecule has 1 saturated heterocycles. The van der Waals surface area contributed by atoms with Crippen LogP contribution in [0, 0.1) is 0 Å². The van der Waals surface area contributed by atoms with Crippen molar-refractivity contribution in [3.8, 4) is 0 Å². The highest BCUT2D eigenvalue weighted by molar-refractivity contribution is 4.54. The second kappa shape index (κ2) is 7.30. The number of rotatable bonds is 7. The fourth-order valence-electron chi connectivity index (χ4n) is 1.46. The third kappa shape index (κ3) is 5.24. The van der Waals surface area contributed by atoms with Crippen LogP contribution in [0.1, 0.15) is 38.5 Å². The lowest BCUT2D eigenvalue weighted by molar-refractivity contribution is -0.111. The Morgan fingerprint density at radius 2 is 2.08 bits per heavy atom. The summed E-state index contributed by atoms with van der Waals surface area (Å²) < 4.78 is 10.8. The number of unbranched alkanes of at least 4 members (excludes halogenated alkanes) is 3. The molecule has 3 heteroatoms. The molecule has 0 aromatic heterocycles. The van der Waals surface area contributed by atoms with Crippen molar-refractivity contribution in [2.75, 3.05) is 19.8 Å². The molecule has 0 aliphatic carbocycles. The normalized spacial score (nSPS) is 22.4. The highest BCUT2D eigenvalue weighted by Gasteiger charge is 2.14. The van der Waals surface area contributed by atoms with Crippen molar-refractivity contribution < 1.29 is 14.6 Å². The molecule has 1 aliphatic rings. The van der Waals surface area contributed by atoms with Crippen LogP contribution in [0.4, 0.5) is 0 Å². The van der Waals surface area contributed by atoms with E-state index in [1.165, 1.54) is 0 Å². The lowest BCUT2D eigenvalue weighted by Crippen LogP contribution is -2.11. The number of aliphatic hydroxyl groups excluding tert-OH is 1. The molecule has 1 heterocycles. The van der Waals surface area contributed by atoms with Crippen LogP contribution in [-0.2, 0) is 9.47 Å². The molecule has 0 spiro atoms. The minimum Gasteiger partial charge on any atom is -0.396 e. The summed E-state index contributed by atoms with van der Waals surface area (Å²) in [6.07, 6.45) is 6.50. The van der Waals surface area contributed by atoms with Gasteiger partial charge in [-0.2, -0.15) is 0 Å². The molecule has 13 heavy (non-hydrogen) atoms. The van der Waals surface area contributed by atoms with E-state index in [2.05, 4.69) is 0 Å². The fourth-order valence-corrected chi connectivity index (χ4v) is 1.46. The molecule has 78 valence electrons. The molecule has 0 radical (unpaired) electrons. The van der Waals surface area contributed by atoms with Gasteiger partial charge in [0.2, 0.25) is 0 Å². The van der Waals surface area contributed by atoms with E-state index in [0.29, 0.717) is 6.61 Å². The van der Waals surface area contributed by atoms with E-state index in [1.54, 1.807) is 0 Å². The molecule has 0 aromatic rings. The first-order chi connectivity index (χ1) is 6.43. The zero-order valence-corrected chi connectivity index (χ0v) is 8.21. The van der Waals surface area contributed by atoms with Crippen LogP contribution >= 0.6 is 0 Å². The van der Waals surface area contributed by atoms with Crippen LogP contribution in [0.5, 0.6) is 0 Å². The molecule has 0 saturated carbocycles. The van der Waals surface area contributed by atoms with E-state index < -0.39 is 0 Å². The zero-order valence-electron chi connectivity index (χ0n) is 8.21. The van der Waals surface area contributed by atoms with Gasteiger partial charge in [-0.15, -0.1) is 0 Å². The highest BCUT2D eigenvalue weighted by Crippen LogP contribution is 2.13. The topological polar surface area (TPSA) is 38.7 Å². The van der Waals surface area contributed by atoms with Crippen molar-refractivity contribution in [3.63, 3.8) is 0 Å². The van der Waals surface area contributed by atoms with Gasteiger partial charge in [0.15, 0.2) is 6.29 Å². The van der Waals surface area contributed by atoms with Gasteiger partial charge in [-0.25, -0.2) is 0 Å². The van der Waals surface area contributed by atoms with Gasteiger partial charge in [0.25, 0.3) is 0 Å². The molecule has 1 rings (SSSR count). The Morgan fingerprint density at radius 3 is 2.77 bits per heavy atom. The van der Waals surface area contributed by atoms with Crippen molar-refractivity contribution in [3.05, 3.63) is 0 Å². The maximum Gasteiger partial charge on any atom is 0.157 e. The van der Waals surface area contributed by atoms with Crippen molar-refractivity contribution in [1.82, 2.24) is 0 Å². The zero-order chi connectivity index (χ0) is 9.36. The molecule has 1 unspecified atom stereocenters. The van der Waals surface area contributed by atoms with E-state index in [9.17, 15) is 0 Å². The predicted molar refractivity (Wildman–Crippen MR) is 50.5 cm³/mol. The van der Waals surface area contributed by atoms with Crippen LogP contribution in [-0.4, -0.2) is 31.2 Å². The first-order valence-corrected chi connectivity index (χ1v) is 5.27. The summed E-state index contributed by atoms with van der Waals surface area (Å²) in [7, 11) is 0. The van der Waals surface area contributed by atoms with Crippen molar-refractivity contribution in [2.24, 2.45) is 0 Å². The van der Waals surface area contributed by atoms with Gasteiger partial charge in [0.1, 0.15) is 0 Å². The van der Waals surface area contributed by atoms with E-state index >= 15 is 0 Å². The molecule has 1 atom stereocenters. The first-order valence-electron chi connectivity index (χ1n) is 5.27. The van der Waals surface area contributed by atoms with Crippen molar-refractivity contribution >= 4 is 0 Å². The second-order valence-electron chi connectivity index (χ2n) is 3.45. The van der Waals surface area contributed by atoms with Crippen molar-refractivity contribution in [1.29, 1.82) is 0 Å². The maximum absolute atomic E-state index is 8.54. The molecular weight excluding hydrogens is 168 g/mol. The Hall–Kier alpha value is -0.120. The number of ether oxygens (including phenoxy) is 2. The van der Waals surface area contributed by atoms with Crippen LogP contribution in [0.25, 0.3) is 0 Å². The summed E-state index contributed by atoms with van der Waals surface area (Å²) in [5.74, 6) is 0. The predicted octanol–water partition coefficient (Wildman–Crippen LogP) is 1.69. The van der Waals surface area contributed by atoms with Crippen molar-refractivity contribution in [2.45, 2.75) is 44.8 Å². The monoisotopic (exact) mass is 188 g/mol. The summed E-state index contributed by atoms with van der Waals surface area (Å²) >= 11 is 0. The fraction of sp³-hybridized carbons (Fsp3) is 1.00. The lowest BCUT2D eigenvalue weighted by Gasteiger charge is -2.10. The van der Waals surface area contributed by atoms with E-state index in [0.717, 1.165) is 51.7 Å². The molecule has 1 fully saturated rings. The second-order valence-corrected chi connectivity index (χ2v) is 3.45. The molecule has 1 N–H and O–H groups in total. The Labute approximate surface area is 80.0 Å². The van der Waals surface area contributed by atoms with Crippen LogP contribution in [0.3, 0.4) is 0 Å². The molecular formula is C10H20O3. The van der Waals surface area contributed by atoms with Gasteiger partial charge < -0.3 is 14.6 Å². The summed E-state index contributed by atoms with van der Waals surface area (Å²) in [6.45, 7) is 1.97. The summed E-state index contributed by atoms with van der Waals surface area (Å²) in [5, 5.41) is 8.54. The standard InChI is InChI=1S/C10H20O3/c11-7-3-1-2-4-8-12-10-6-5-9-13-10/h10-11H,1-9H2. The van der Waals surface area contributed by atoms with Gasteiger partial charge in [-0.05, 0) is 19.3 Å². The molecule has 0 amide bonds. The number of aliphatic hydroxyl groups is 1. The average molecular weight is 188 g/mol. The van der Waals surface area contributed by atoms with E-state index in [4.69, 9.17) is 14.6 Å². The molecule has 1 aliphatic heterocycles. The van der Waals surface area contributed by atoms with Gasteiger partial charge in [-0.1, -0.05) is 12.8 Å². The average Bonchev–Trinajstić information content (AvgIpc) is 2.63. The largest absolute Gasteiger partial charge is 0.396 e. The smallest absolute Gasteiger partial charge is 0.157 e. The third-order valence-electron chi connectivity index (χ3n) is 2.24. The number of hydrogen-bond acceptors (Lipinski definition) is 3. The van der Waals surface area contributed by atoms with Crippen LogP contribution < -0.4 is 0 Å². The Morgan fingerprint density at radius 1 is 1.23 bits per heavy atom. The van der Waals surface area contributed by atoms with Gasteiger partial charge in [0.05, 0.1) is 0 Å². The van der Waals surface area contributed by atoms with Crippen LogP contribution in [0.15, 0.2) is 0 Å². The van der Waals surface area contributed by atoms with E-state index in [1.807, 2.05) is 0 Å². The number of hydrogen-bond donors (Lipinski definition) is 1. The van der Waals surface area contributed by atoms with Gasteiger partial charge in [0, 0.05) is 26.2 Å². The van der Waals surface area contributed by atoms with E-state index in [-0.39, 0.29) is 6.29 Å². The van der Waals surface area contributed by atoms with Crippen LogP contribution in [0.2, 0.25) is 0 Å².